The van der Waals surface area contributed by atoms with Crippen molar-refractivity contribution in [1.29, 1.82) is 0 Å². The molecule has 0 aliphatic heterocycles. The number of hydrogen-bond acceptors (Lipinski definition) is 5. The van der Waals surface area contributed by atoms with Crippen LogP contribution in [0, 0.1) is 5.92 Å². The summed E-state index contributed by atoms with van der Waals surface area (Å²) in [6.45, 7) is 2.77. The Hall–Kier alpha value is -1.63. The largest absolute Gasteiger partial charge is 0.497 e. The van der Waals surface area contributed by atoms with E-state index in [9.17, 15) is 4.79 Å². The topological polar surface area (TPSA) is 57.2 Å². The minimum atomic E-state index is -0.200. The van der Waals surface area contributed by atoms with Crippen molar-refractivity contribution in [2.45, 2.75) is 26.1 Å². The third-order valence-electron chi connectivity index (χ3n) is 3.69. The molecular weight excluding hydrogens is 298 g/mol. The molecule has 23 heavy (non-hydrogen) atoms. The lowest BCUT2D eigenvalue weighted by atomic mass is 10.0. The summed E-state index contributed by atoms with van der Waals surface area (Å²) in [6, 6.07) is 7.71. The molecule has 1 aromatic carbocycles. The normalized spacial score (nSPS) is 13.4. The van der Waals surface area contributed by atoms with E-state index in [0.29, 0.717) is 19.6 Å². The highest BCUT2D eigenvalue weighted by Gasteiger charge is 2.22. The van der Waals surface area contributed by atoms with E-state index in [4.69, 9.17) is 19.0 Å². The molecule has 130 valence electrons. The number of nitrogens with zero attached hydrogens (tertiary/aromatic N) is 1. The Labute approximate surface area is 138 Å². The maximum absolute atomic E-state index is 12.0. The van der Waals surface area contributed by atoms with E-state index >= 15 is 0 Å². The van der Waals surface area contributed by atoms with Crippen molar-refractivity contribution in [1.82, 2.24) is 5.06 Å². The smallest absolute Gasteiger partial charge is 0.248 e. The highest BCUT2D eigenvalue weighted by molar-refractivity contribution is 5.77. The monoisotopic (exact) mass is 325 g/mol. The molecule has 0 N–H and O–H groups in total. The van der Waals surface area contributed by atoms with Gasteiger partial charge in [0.2, 0.25) is 5.91 Å². The van der Waals surface area contributed by atoms with Gasteiger partial charge in [0.25, 0.3) is 0 Å². The number of carbonyl (C=O) groups is 1. The molecule has 1 rings (SSSR count). The fourth-order valence-electron chi connectivity index (χ4n) is 2.16. The van der Waals surface area contributed by atoms with Crippen LogP contribution in [-0.4, -0.2) is 52.1 Å². The molecule has 1 amide bonds. The molecule has 0 aliphatic rings. The van der Waals surface area contributed by atoms with Gasteiger partial charge in [-0.25, -0.2) is 5.06 Å². The highest BCUT2D eigenvalue weighted by Crippen LogP contribution is 2.14. The summed E-state index contributed by atoms with van der Waals surface area (Å²) in [4.78, 5) is 16.9. The van der Waals surface area contributed by atoms with Crippen molar-refractivity contribution < 1.29 is 23.8 Å². The molecule has 0 bridgehead atoms. The van der Waals surface area contributed by atoms with Gasteiger partial charge in [0, 0.05) is 20.1 Å². The number of benzene rings is 1. The first kappa shape index (κ1) is 19.4. The number of methoxy groups -OCH3 is 2. The molecule has 0 spiro atoms. The van der Waals surface area contributed by atoms with E-state index in [-0.39, 0.29) is 17.9 Å². The maximum Gasteiger partial charge on any atom is 0.248 e. The first-order chi connectivity index (χ1) is 11.0. The van der Waals surface area contributed by atoms with Crippen LogP contribution in [0.1, 0.15) is 18.9 Å². The van der Waals surface area contributed by atoms with Gasteiger partial charge < -0.3 is 14.2 Å². The van der Waals surface area contributed by atoms with Gasteiger partial charge in [-0.05, 0) is 24.1 Å². The standard InChI is InChI=1S/C17H27NO5/c1-13(17(19)18(2)22-5)10-16(21-4)12-23-11-14-6-8-15(20-3)9-7-14/h6-9,13,16H,10-12H2,1-5H3/t13-,16+/m0/s1. The predicted molar refractivity (Wildman–Crippen MR) is 87.0 cm³/mol. The number of hydrogen-bond donors (Lipinski definition) is 0. The van der Waals surface area contributed by atoms with Crippen molar-refractivity contribution in [2.75, 3.05) is 35.0 Å². The summed E-state index contributed by atoms with van der Waals surface area (Å²) in [5.74, 6) is 0.539. The van der Waals surface area contributed by atoms with Crippen molar-refractivity contribution in [2.24, 2.45) is 5.92 Å². The van der Waals surface area contributed by atoms with Gasteiger partial charge in [0.1, 0.15) is 5.75 Å². The predicted octanol–water partition coefficient (Wildman–Crippen LogP) is 2.27. The van der Waals surface area contributed by atoms with Crippen LogP contribution in [0.4, 0.5) is 0 Å². The van der Waals surface area contributed by atoms with Crippen LogP contribution < -0.4 is 4.74 Å². The zero-order chi connectivity index (χ0) is 17.2. The quantitative estimate of drug-likeness (QED) is 0.618. The van der Waals surface area contributed by atoms with E-state index in [2.05, 4.69) is 0 Å². The van der Waals surface area contributed by atoms with Gasteiger partial charge in [-0.2, -0.15) is 0 Å². The Bertz CT molecular complexity index is 463. The molecule has 0 saturated heterocycles. The lowest BCUT2D eigenvalue weighted by Crippen LogP contribution is -2.33. The van der Waals surface area contributed by atoms with Crippen molar-refractivity contribution in [3.8, 4) is 5.75 Å². The molecule has 0 saturated carbocycles. The maximum atomic E-state index is 12.0. The molecule has 0 aliphatic carbocycles. The third kappa shape index (κ3) is 6.56. The number of rotatable bonds is 10. The van der Waals surface area contributed by atoms with Crippen LogP contribution in [0.2, 0.25) is 0 Å². The van der Waals surface area contributed by atoms with Crippen LogP contribution in [0.25, 0.3) is 0 Å². The highest BCUT2D eigenvalue weighted by atomic mass is 16.7. The van der Waals surface area contributed by atoms with Gasteiger partial charge in [-0.3, -0.25) is 9.63 Å². The van der Waals surface area contributed by atoms with Crippen molar-refractivity contribution in [3.05, 3.63) is 29.8 Å². The SMILES string of the molecule is COc1ccc(COC[C@@H](C[C@H](C)C(=O)N(C)OC)OC)cc1. The van der Waals surface area contributed by atoms with Crippen molar-refractivity contribution >= 4 is 5.91 Å². The fourth-order valence-corrected chi connectivity index (χ4v) is 2.16. The second-order valence-electron chi connectivity index (χ2n) is 5.38. The third-order valence-corrected chi connectivity index (χ3v) is 3.69. The first-order valence-corrected chi connectivity index (χ1v) is 7.57. The van der Waals surface area contributed by atoms with Crippen molar-refractivity contribution in [3.63, 3.8) is 0 Å². The Balaban J connectivity index is 2.39. The van der Waals surface area contributed by atoms with Crippen LogP contribution in [0.3, 0.4) is 0 Å². The van der Waals surface area contributed by atoms with Crippen LogP contribution in [0.15, 0.2) is 24.3 Å². The summed E-state index contributed by atoms with van der Waals surface area (Å²) < 4.78 is 16.2. The molecule has 0 heterocycles. The van der Waals surface area contributed by atoms with E-state index in [1.54, 1.807) is 21.3 Å². The first-order valence-electron chi connectivity index (χ1n) is 7.57. The zero-order valence-corrected chi connectivity index (χ0v) is 14.6. The van der Waals surface area contributed by atoms with Gasteiger partial charge in [0.05, 0.1) is 33.5 Å². The van der Waals surface area contributed by atoms with E-state index in [0.717, 1.165) is 11.3 Å². The number of carbonyl (C=O) groups excluding carboxylic acids is 1. The molecule has 0 aromatic heterocycles. The molecule has 0 fully saturated rings. The number of hydroxylamine groups is 2. The van der Waals surface area contributed by atoms with E-state index in [1.807, 2.05) is 31.2 Å². The molecule has 0 radical (unpaired) electrons. The molecule has 6 nitrogen and oxygen atoms in total. The average Bonchev–Trinajstić information content (AvgIpc) is 2.59. The van der Waals surface area contributed by atoms with E-state index < -0.39 is 0 Å². The summed E-state index contributed by atoms with van der Waals surface area (Å²) in [5, 5.41) is 1.23. The van der Waals surface area contributed by atoms with Crippen LogP contribution >= 0.6 is 0 Å². The van der Waals surface area contributed by atoms with Gasteiger partial charge in [-0.1, -0.05) is 19.1 Å². The molecule has 0 unspecified atom stereocenters. The average molecular weight is 325 g/mol. The van der Waals surface area contributed by atoms with E-state index in [1.165, 1.54) is 12.2 Å². The Kier molecular flexibility index (Phi) is 8.61. The molecule has 2 atom stereocenters. The summed E-state index contributed by atoms with van der Waals surface area (Å²) in [7, 11) is 6.33. The minimum absolute atomic E-state index is 0.0790. The second kappa shape index (κ2) is 10.2. The molecule has 6 heteroatoms. The van der Waals surface area contributed by atoms with Gasteiger partial charge in [-0.15, -0.1) is 0 Å². The lowest BCUT2D eigenvalue weighted by Gasteiger charge is -2.22. The Morgan fingerprint density at radius 2 is 1.83 bits per heavy atom. The Morgan fingerprint density at radius 3 is 2.35 bits per heavy atom. The summed E-state index contributed by atoms with van der Waals surface area (Å²) in [6.07, 6.45) is 0.434. The summed E-state index contributed by atoms with van der Waals surface area (Å²) >= 11 is 0. The number of ether oxygens (including phenoxy) is 3. The van der Waals surface area contributed by atoms with Crippen LogP contribution in [-0.2, 0) is 25.7 Å². The second-order valence-corrected chi connectivity index (χ2v) is 5.38. The summed E-state index contributed by atoms with van der Waals surface area (Å²) in [5.41, 5.74) is 1.06. The molecular formula is C17H27NO5. The van der Waals surface area contributed by atoms with Crippen LogP contribution in [0.5, 0.6) is 5.75 Å². The minimum Gasteiger partial charge on any atom is -0.497 e. The molecule has 1 aromatic rings. The van der Waals surface area contributed by atoms with Gasteiger partial charge >= 0.3 is 0 Å². The van der Waals surface area contributed by atoms with Gasteiger partial charge in [0.15, 0.2) is 0 Å². The Morgan fingerprint density at radius 1 is 1.17 bits per heavy atom. The number of amides is 1. The zero-order valence-electron chi connectivity index (χ0n) is 14.6. The lowest BCUT2D eigenvalue weighted by molar-refractivity contribution is -0.174. The fraction of sp³-hybridized carbons (Fsp3) is 0.588.